The number of aliphatic carboxylic acids is 1. The second kappa shape index (κ2) is 6.06. The highest BCUT2D eigenvalue weighted by molar-refractivity contribution is 6.30. The molecule has 2 atom stereocenters. The van der Waals surface area contributed by atoms with Gasteiger partial charge in [-0.3, -0.25) is 14.4 Å². The molecule has 0 radical (unpaired) electrons. The molecule has 1 N–H and O–H groups in total. The SMILES string of the molecule is Cn1cc(CN2[C@H](C(=O)O)CC[C@H]2c2ccc(Cl)cc2)nn1. The quantitative estimate of drug-likeness (QED) is 0.935. The molecule has 1 saturated heterocycles. The molecule has 1 aliphatic rings. The van der Waals surface area contributed by atoms with Crippen LogP contribution in [0.15, 0.2) is 30.5 Å². The Labute approximate surface area is 133 Å². The van der Waals surface area contributed by atoms with Crippen LogP contribution in [0.2, 0.25) is 5.02 Å². The van der Waals surface area contributed by atoms with Crippen molar-refractivity contribution in [2.45, 2.75) is 31.5 Å². The fourth-order valence-electron chi connectivity index (χ4n) is 3.05. The molecular formula is C15H17ClN4O2. The zero-order chi connectivity index (χ0) is 15.7. The van der Waals surface area contributed by atoms with Gasteiger partial charge in [-0.1, -0.05) is 28.9 Å². The second-order valence-corrected chi connectivity index (χ2v) is 5.99. The van der Waals surface area contributed by atoms with E-state index in [0.29, 0.717) is 18.0 Å². The number of likely N-dealkylation sites (tertiary alicyclic amines) is 1. The van der Waals surface area contributed by atoms with E-state index in [1.165, 1.54) is 0 Å². The van der Waals surface area contributed by atoms with Crippen LogP contribution in [0.25, 0.3) is 0 Å². The van der Waals surface area contributed by atoms with Gasteiger partial charge in [0.2, 0.25) is 0 Å². The predicted molar refractivity (Wildman–Crippen MR) is 81.4 cm³/mol. The number of hydrogen-bond acceptors (Lipinski definition) is 4. The van der Waals surface area contributed by atoms with Crippen molar-refractivity contribution in [1.29, 1.82) is 0 Å². The summed E-state index contributed by atoms with van der Waals surface area (Å²) in [5.41, 5.74) is 1.85. The number of carboxylic acids is 1. The first-order chi connectivity index (χ1) is 10.5. The number of carbonyl (C=O) groups is 1. The molecule has 0 aliphatic carbocycles. The molecule has 2 aromatic rings. The van der Waals surface area contributed by atoms with Gasteiger partial charge in [0, 0.05) is 30.9 Å². The minimum Gasteiger partial charge on any atom is -0.480 e. The summed E-state index contributed by atoms with van der Waals surface area (Å²) >= 11 is 5.94. The molecule has 1 aliphatic heterocycles. The number of carboxylic acid groups (broad SMARTS) is 1. The number of rotatable bonds is 4. The molecular weight excluding hydrogens is 304 g/mol. The van der Waals surface area contributed by atoms with Crippen molar-refractivity contribution in [1.82, 2.24) is 19.9 Å². The average Bonchev–Trinajstić information content (AvgIpc) is 3.07. The standard InChI is InChI=1S/C15H17ClN4O2/c1-19-8-12(17-18-19)9-20-13(6-7-14(20)15(21)22)10-2-4-11(16)5-3-10/h2-5,8,13-14H,6-7,9H2,1H3,(H,21,22)/t13-,14-/m0/s1. The van der Waals surface area contributed by atoms with Crippen molar-refractivity contribution in [2.24, 2.45) is 7.05 Å². The maximum Gasteiger partial charge on any atom is 0.320 e. The normalized spacial score (nSPS) is 22.1. The molecule has 6 nitrogen and oxygen atoms in total. The smallest absolute Gasteiger partial charge is 0.320 e. The van der Waals surface area contributed by atoms with Gasteiger partial charge in [0.1, 0.15) is 6.04 Å². The van der Waals surface area contributed by atoms with E-state index < -0.39 is 12.0 Å². The molecule has 0 spiro atoms. The van der Waals surface area contributed by atoms with Crippen molar-refractivity contribution in [3.8, 4) is 0 Å². The van der Waals surface area contributed by atoms with E-state index in [2.05, 4.69) is 10.3 Å². The molecule has 3 rings (SSSR count). The van der Waals surface area contributed by atoms with Crippen LogP contribution in [0.1, 0.15) is 30.1 Å². The lowest BCUT2D eigenvalue weighted by molar-refractivity contribution is -0.142. The molecule has 2 heterocycles. The van der Waals surface area contributed by atoms with E-state index in [9.17, 15) is 9.90 Å². The molecule has 1 aromatic carbocycles. The molecule has 0 unspecified atom stereocenters. The molecule has 1 aromatic heterocycles. The van der Waals surface area contributed by atoms with Gasteiger partial charge in [-0.25, -0.2) is 0 Å². The summed E-state index contributed by atoms with van der Waals surface area (Å²) in [7, 11) is 1.80. The van der Waals surface area contributed by atoms with Gasteiger partial charge < -0.3 is 5.11 Å². The lowest BCUT2D eigenvalue weighted by Crippen LogP contribution is -2.37. The monoisotopic (exact) mass is 320 g/mol. The van der Waals surface area contributed by atoms with Crippen molar-refractivity contribution in [3.63, 3.8) is 0 Å². The summed E-state index contributed by atoms with van der Waals surface area (Å²) in [6.07, 6.45) is 3.25. The Kier molecular flexibility index (Phi) is 4.13. The topological polar surface area (TPSA) is 71.2 Å². The Balaban J connectivity index is 1.87. The highest BCUT2D eigenvalue weighted by Crippen LogP contribution is 2.37. The summed E-state index contributed by atoms with van der Waals surface area (Å²) in [5, 5.41) is 18.1. The van der Waals surface area contributed by atoms with Crippen LogP contribution in [0.3, 0.4) is 0 Å². The Bertz CT molecular complexity index is 670. The molecule has 0 amide bonds. The zero-order valence-corrected chi connectivity index (χ0v) is 12.9. The third kappa shape index (κ3) is 2.98. The van der Waals surface area contributed by atoms with Crippen LogP contribution >= 0.6 is 11.6 Å². The predicted octanol–water partition coefficient (Wildman–Crippen LogP) is 2.26. The van der Waals surface area contributed by atoms with Crippen LogP contribution in [0, 0.1) is 0 Å². The molecule has 0 saturated carbocycles. The summed E-state index contributed by atoms with van der Waals surface area (Å²) in [5.74, 6) is -0.791. The van der Waals surface area contributed by atoms with Gasteiger partial charge in [-0.2, -0.15) is 0 Å². The highest BCUT2D eigenvalue weighted by Gasteiger charge is 2.38. The summed E-state index contributed by atoms with van der Waals surface area (Å²) in [6, 6.07) is 7.15. The maximum absolute atomic E-state index is 11.5. The number of aryl methyl sites for hydroxylation is 1. The number of benzene rings is 1. The molecule has 1 fully saturated rings. The van der Waals surface area contributed by atoms with Gasteiger partial charge in [0.25, 0.3) is 0 Å². The number of nitrogens with zero attached hydrogens (tertiary/aromatic N) is 4. The van der Waals surface area contributed by atoms with E-state index in [0.717, 1.165) is 17.7 Å². The summed E-state index contributed by atoms with van der Waals surface area (Å²) < 4.78 is 1.62. The lowest BCUT2D eigenvalue weighted by atomic mass is 10.0. The van der Waals surface area contributed by atoms with E-state index in [1.807, 2.05) is 35.4 Å². The first kappa shape index (κ1) is 15.0. The van der Waals surface area contributed by atoms with Gasteiger partial charge in [0.15, 0.2) is 0 Å². The van der Waals surface area contributed by atoms with Gasteiger partial charge in [-0.05, 0) is 30.5 Å². The van der Waals surface area contributed by atoms with E-state index in [-0.39, 0.29) is 6.04 Å². The Morgan fingerprint density at radius 1 is 1.36 bits per heavy atom. The van der Waals surface area contributed by atoms with Crippen molar-refractivity contribution >= 4 is 17.6 Å². The van der Waals surface area contributed by atoms with E-state index in [4.69, 9.17) is 11.6 Å². The van der Waals surface area contributed by atoms with Crippen molar-refractivity contribution in [3.05, 3.63) is 46.7 Å². The van der Waals surface area contributed by atoms with Crippen LogP contribution in [0.5, 0.6) is 0 Å². The summed E-state index contributed by atoms with van der Waals surface area (Å²) in [6.45, 7) is 0.470. The van der Waals surface area contributed by atoms with E-state index >= 15 is 0 Å². The van der Waals surface area contributed by atoms with Crippen LogP contribution in [-0.4, -0.2) is 37.0 Å². The Hall–Kier alpha value is -1.92. The molecule has 22 heavy (non-hydrogen) atoms. The zero-order valence-electron chi connectivity index (χ0n) is 12.2. The summed E-state index contributed by atoms with van der Waals surface area (Å²) in [4.78, 5) is 13.5. The molecule has 7 heteroatoms. The lowest BCUT2D eigenvalue weighted by Gasteiger charge is -2.27. The minimum absolute atomic E-state index is 0.0559. The molecule has 116 valence electrons. The van der Waals surface area contributed by atoms with E-state index in [1.54, 1.807) is 11.7 Å². The van der Waals surface area contributed by atoms with Gasteiger partial charge in [0.05, 0.1) is 5.69 Å². The number of aromatic nitrogens is 3. The highest BCUT2D eigenvalue weighted by atomic mass is 35.5. The van der Waals surface area contributed by atoms with Crippen molar-refractivity contribution < 1.29 is 9.90 Å². The first-order valence-electron chi connectivity index (χ1n) is 7.14. The molecule has 0 bridgehead atoms. The number of hydrogen-bond donors (Lipinski definition) is 1. The van der Waals surface area contributed by atoms with Crippen molar-refractivity contribution in [2.75, 3.05) is 0 Å². The Morgan fingerprint density at radius 3 is 2.68 bits per heavy atom. The fourth-order valence-corrected chi connectivity index (χ4v) is 3.17. The van der Waals surface area contributed by atoms with Crippen LogP contribution in [0.4, 0.5) is 0 Å². The number of halogens is 1. The first-order valence-corrected chi connectivity index (χ1v) is 7.51. The average molecular weight is 321 g/mol. The largest absolute Gasteiger partial charge is 0.480 e. The Morgan fingerprint density at radius 2 is 2.09 bits per heavy atom. The van der Waals surface area contributed by atoms with Crippen LogP contribution in [-0.2, 0) is 18.4 Å². The van der Waals surface area contributed by atoms with Crippen LogP contribution < -0.4 is 0 Å². The maximum atomic E-state index is 11.5. The van der Waals surface area contributed by atoms with Gasteiger partial charge in [-0.15, -0.1) is 5.10 Å². The second-order valence-electron chi connectivity index (χ2n) is 5.55. The minimum atomic E-state index is -0.791. The van der Waals surface area contributed by atoms with Gasteiger partial charge >= 0.3 is 5.97 Å². The third-order valence-electron chi connectivity index (χ3n) is 4.05. The third-order valence-corrected chi connectivity index (χ3v) is 4.30. The fraction of sp³-hybridized carbons (Fsp3) is 0.400.